The minimum atomic E-state index is -0.176. The molecule has 1 aromatic carbocycles. The van der Waals surface area contributed by atoms with Gasteiger partial charge in [-0.3, -0.25) is 4.79 Å². The lowest BCUT2D eigenvalue weighted by Gasteiger charge is -2.21. The van der Waals surface area contributed by atoms with Gasteiger partial charge in [0.15, 0.2) is 0 Å². The molecule has 0 aromatic heterocycles. The highest BCUT2D eigenvalue weighted by atomic mass is 35.5. The van der Waals surface area contributed by atoms with Crippen molar-refractivity contribution in [2.24, 2.45) is 0 Å². The van der Waals surface area contributed by atoms with E-state index in [0.29, 0.717) is 5.02 Å². The Morgan fingerprint density at radius 1 is 1.41 bits per heavy atom. The van der Waals surface area contributed by atoms with Gasteiger partial charge in [0.25, 0.3) is 0 Å². The highest BCUT2D eigenvalue weighted by molar-refractivity contribution is 6.31. The van der Waals surface area contributed by atoms with Crippen molar-refractivity contribution < 1.29 is 9.53 Å². The first kappa shape index (κ1) is 12.4. The summed E-state index contributed by atoms with van der Waals surface area (Å²) in [5.74, 6) is -0.176. The van der Waals surface area contributed by atoms with Crippen molar-refractivity contribution in [2.45, 2.75) is 31.9 Å². The van der Waals surface area contributed by atoms with Gasteiger partial charge < -0.3 is 10.1 Å². The summed E-state index contributed by atoms with van der Waals surface area (Å²) in [6, 6.07) is 7.25. The van der Waals surface area contributed by atoms with E-state index in [1.807, 2.05) is 18.2 Å². The zero-order valence-electron chi connectivity index (χ0n) is 9.62. The SMILES string of the molecule is O=C(OCc1ccccc1Cl)[C@@H]1CCCCN1. The topological polar surface area (TPSA) is 38.3 Å². The number of carbonyl (C=O) groups is 1. The minimum Gasteiger partial charge on any atom is -0.460 e. The molecule has 3 nitrogen and oxygen atoms in total. The van der Waals surface area contributed by atoms with Crippen LogP contribution in [-0.4, -0.2) is 18.6 Å². The molecule has 0 unspecified atom stereocenters. The lowest BCUT2D eigenvalue weighted by atomic mass is 10.1. The molecule has 0 radical (unpaired) electrons. The fraction of sp³-hybridized carbons (Fsp3) is 0.462. The molecule has 17 heavy (non-hydrogen) atoms. The predicted molar refractivity (Wildman–Crippen MR) is 66.9 cm³/mol. The highest BCUT2D eigenvalue weighted by Crippen LogP contribution is 2.16. The molecule has 92 valence electrons. The standard InChI is InChI=1S/C13H16ClNO2/c14-11-6-2-1-5-10(11)9-17-13(16)12-7-3-4-8-15-12/h1-2,5-6,12,15H,3-4,7-9H2/t12-/m0/s1. The summed E-state index contributed by atoms with van der Waals surface area (Å²) in [5.41, 5.74) is 0.846. The lowest BCUT2D eigenvalue weighted by Crippen LogP contribution is -2.41. The summed E-state index contributed by atoms with van der Waals surface area (Å²) < 4.78 is 5.26. The van der Waals surface area contributed by atoms with Gasteiger partial charge >= 0.3 is 5.97 Å². The first-order valence-electron chi connectivity index (χ1n) is 5.91. The first-order valence-corrected chi connectivity index (χ1v) is 6.28. The predicted octanol–water partition coefficient (Wildman–Crippen LogP) is 2.53. The van der Waals surface area contributed by atoms with Crippen LogP contribution in [0.4, 0.5) is 0 Å². The van der Waals surface area contributed by atoms with Crippen molar-refractivity contribution >= 4 is 17.6 Å². The van der Waals surface area contributed by atoms with Crippen LogP contribution in [0.1, 0.15) is 24.8 Å². The van der Waals surface area contributed by atoms with Crippen molar-refractivity contribution in [1.82, 2.24) is 5.32 Å². The molecule has 0 bridgehead atoms. The van der Waals surface area contributed by atoms with Gasteiger partial charge in [0, 0.05) is 10.6 Å². The summed E-state index contributed by atoms with van der Waals surface area (Å²) in [6.45, 7) is 1.14. The summed E-state index contributed by atoms with van der Waals surface area (Å²) >= 11 is 5.99. The fourth-order valence-electron chi connectivity index (χ4n) is 1.92. The molecule has 0 aliphatic carbocycles. The lowest BCUT2D eigenvalue weighted by molar-refractivity contribution is -0.148. The Balaban J connectivity index is 1.85. The number of piperidine rings is 1. The van der Waals surface area contributed by atoms with E-state index in [-0.39, 0.29) is 18.6 Å². The van der Waals surface area contributed by atoms with Crippen LogP contribution < -0.4 is 5.32 Å². The molecule has 1 saturated heterocycles. The van der Waals surface area contributed by atoms with E-state index in [2.05, 4.69) is 5.32 Å². The zero-order valence-corrected chi connectivity index (χ0v) is 10.4. The number of rotatable bonds is 3. The second-order valence-corrected chi connectivity index (χ2v) is 4.61. The Labute approximate surface area is 106 Å². The summed E-state index contributed by atoms with van der Waals surface area (Å²) in [4.78, 5) is 11.8. The largest absolute Gasteiger partial charge is 0.460 e. The van der Waals surface area contributed by atoms with Crippen LogP contribution in [0.15, 0.2) is 24.3 Å². The molecular weight excluding hydrogens is 238 g/mol. The van der Waals surface area contributed by atoms with Gasteiger partial charge in [0.05, 0.1) is 0 Å². The average Bonchev–Trinajstić information content (AvgIpc) is 2.38. The first-order chi connectivity index (χ1) is 8.27. The molecule has 1 heterocycles. The molecule has 0 spiro atoms. The van der Waals surface area contributed by atoms with Gasteiger partial charge in [-0.05, 0) is 25.5 Å². The summed E-state index contributed by atoms with van der Waals surface area (Å²) in [5, 5.41) is 3.80. The molecule has 2 rings (SSSR count). The molecule has 1 N–H and O–H groups in total. The van der Waals surface area contributed by atoms with Gasteiger partial charge in [-0.2, -0.15) is 0 Å². The maximum absolute atomic E-state index is 11.8. The smallest absolute Gasteiger partial charge is 0.323 e. The van der Waals surface area contributed by atoms with E-state index in [1.165, 1.54) is 0 Å². The van der Waals surface area contributed by atoms with E-state index in [1.54, 1.807) is 6.07 Å². The van der Waals surface area contributed by atoms with E-state index in [9.17, 15) is 4.79 Å². The average molecular weight is 254 g/mol. The van der Waals surface area contributed by atoms with Crippen LogP contribution >= 0.6 is 11.6 Å². The molecule has 1 aliphatic rings. The third-order valence-electron chi connectivity index (χ3n) is 2.92. The molecule has 4 heteroatoms. The second kappa shape index (κ2) is 6.03. The van der Waals surface area contributed by atoms with Gasteiger partial charge in [0.1, 0.15) is 12.6 Å². The molecule has 1 aromatic rings. The third kappa shape index (κ3) is 3.45. The number of carbonyl (C=O) groups excluding carboxylic acids is 1. The quantitative estimate of drug-likeness (QED) is 0.842. The van der Waals surface area contributed by atoms with E-state index in [4.69, 9.17) is 16.3 Å². The van der Waals surface area contributed by atoms with Crippen molar-refractivity contribution in [2.75, 3.05) is 6.54 Å². The third-order valence-corrected chi connectivity index (χ3v) is 3.29. The Morgan fingerprint density at radius 3 is 2.94 bits per heavy atom. The Morgan fingerprint density at radius 2 is 2.24 bits per heavy atom. The molecule has 0 amide bonds. The van der Waals surface area contributed by atoms with Crippen molar-refractivity contribution in [3.05, 3.63) is 34.9 Å². The van der Waals surface area contributed by atoms with Crippen molar-refractivity contribution in [3.8, 4) is 0 Å². The summed E-state index contributed by atoms with van der Waals surface area (Å²) in [6.07, 6.45) is 3.08. The van der Waals surface area contributed by atoms with Crippen molar-refractivity contribution in [3.63, 3.8) is 0 Å². The van der Waals surface area contributed by atoms with Crippen LogP contribution in [-0.2, 0) is 16.1 Å². The summed E-state index contributed by atoms with van der Waals surface area (Å²) in [7, 11) is 0. The Hall–Kier alpha value is -1.06. The van der Waals surface area contributed by atoms with E-state index >= 15 is 0 Å². The maximum Gasteiger partial charge on any atom is 0.323 e. The number of hydrogen-bond acceptors (Lipinski definition) is 3. The maximum atomic E-state index is 11.8. The number of halogens is 1. The van der Waals surface area contributed by atoms with Crippen LogP contribution in [0.2, 0.25) is 5.02 Å². The van der Waals surface area contributed by atoms with E-state index in [0.717, 1.165) is 31.4 Å². The fourth-order valence-corrected chi connectivity index (χ4v) is 2.11. The number of ether oxygens (including phenoxy) is 1. The van der Waals surface area contributed by atoms with Crippen LogP contribution in [0.3, 0.4) is 0 Å². The number of benzene rings is 1. The minimum absolute atomic E-state index is 0.147. The monoisotopic (exact) mass is 253 g/mol. The van der Waals surface area contributed by atoms with Crippen LogP contribution in [0.25, 0.3) is 0 Å². The zero-order chi connectivity index (χ0) is 12.1. The van der Waals surface area contributed by atoms with Crippen LogP contribution in [0, 0.1) is 0 Å². The van der Waals surface area contributed by atoms with Gasteiger partial charge in [-0.15, -0.1) is 0 Å². The Kier molecular flexibility index (Phi) is 4.40. The normalized spacial score (nSPS) is 19.9. The second-order valence-electron chi connectivity index (χ2n) is 4.20. The molecule has 1 aliphatic heterocycles. The van der Waals surface area contributed by atoms with Crippen LogP contribution in [0.5, 0.6) is 0 Å². The number of esters is 1. The Bertz CT molecular complexity index is 389. The number of nitrogens with one attached hydrogen (secondary N) is 1. The molecular formula is C13H16ClNO2. The highest BCUT2D eigenvalue weighted by Gasteiger charge is 2.21. The van der Waals surface area contributed by atoms with Gasteiger partial charge in [-0.25, -0.2) is 0 Å². The molecule has 0 saturated carbocycles. The van der Waals surface area contributed by atoms with E-state index < -0.39 is 0 Å². The number of hydrogen-bond donors (Lipinski definition) is 1. The van der Waals surface area contributed by atoms with Crippen molar-refractivity contribution in [1.29, 1.82) is 0 Å². The van der Waals surface area contributed by atoms with Gasteiger partial charge in [0.2, 0.25) is 0 Å². The van der Waals surface area contributed by atoms with Gasteiger partial charge in [-0.1, -0.05) is 36.2 Å². The molecule has 1 fully saturated rings. The molecule has 1 atom stereocenters.